The number of amides is 3. The predicted octanol–water partition coefficient (Wildman–Crippen LogP) is 3.55. The van der Waals surface area contributed by atoms with Gasteiger partial charge in [0.1, 0.15) is 0 Å². The Morgan fingerprint density at radius 1 is 1.10 bits per heavy atom. The fourth-order valence-electron chi connectivity index (χ4n) is 5.98. The molecule has 1 aliphatic carbocycles. The van der Waals surface area contributed by atoms with E-state index in [9.17, 15) is 19.2 Å². The van der Waals surface area contributed by atoms with E-state index >= 15 is 0 Å². The van der Waals surface area contributed by atoms with Crippen LogP contribution in [0.25, 0.3) is 0 Å². The fraction of sp³-hybridized carbons (Fsp3) is 0.613. The first-order chi connectivity index (χ1) is 18.8. The molecular weight excluding hydrogens is 494 g/mol. The maximum absolute atomic E-state index is 13.7. The minimum Gasteiger partial charge on any atom is -0.380 e. The highest BCUT2D eigenvalue weighted by Crippen LogP contribution is 2.57. The van der Waals surface area contributed by atoms with Gasteiger partial charge in [0.05, 0.1) is 17.6 Å². The maximum Gasteiger partial charge on any atom is 0.227 e. The number of benzene rings is 1. The van der Waals surface area contributed by atoms with E-state index < -0.39 is 11.5 Å². The second kappa shape index (κ2) is 13.4. The molecule has 0 aromatic heterocycles. The van der Waals surface area contributed by atoms with E-state index in [-0.39, 0.29) is 60.8 Å². The number of ketones is 1. The smallest absolute Gasteiger partial charge is 0.227 e. The third kappa shape index (κ3) is 7.35. The lowest BCUT2D eigenvalue weighted by Crippen LogP contribution is -2.45. The molecule has 0 radical (unpaired) electrons. The standard InChI is InChI=1S/C31H43N3O5/c1-22-11-7-4-3-5-10-14-24-18-31(24,19-27(35)26-17-25(39-2)21-34(26)29(22)37)30(38)32-16-15-28(36)33-20-23-12-8-6-9-13-23/h6,8-10,12-14,22,24-26H,3-5,7,11,15-21H2,1-2H3,(H,32,38)(H,33,36)/b14-10-/t22-,24+,25+,26-,31+/m0/s1. The van der Waals surface area contributed by atoms with E-state index in [0.29, 0.717) is 25.9 Å². The molecule has 1 saturated heterocycles. The molecule has 39 heavy (non-hydrogen) atoms. The van der Waals surface area contributed by atoms with Crippen molar-refractivity contribution in [1.82, 2.24) is 15.5 Å². The van der Waals surface area contributed by atoms with Crippen LogP contribution in [0, 0.1) is 17.3 Å². The number of ether oxygens (including phenoxy) is 1. The summed E-state index contributed by atoms with van der Waals surface area (Å²) >= 11 is 0. The highest BCUT2D eigenvalue weighted by atomic mass is 16.5. The number of nitrogens with one attached hydrogen (secondary N) is 2. The Kier molecular flexibility index (Phi) is 9.94. The SMILES string of the molecule is CO[C@@H]1C[C@H]2C(=O)C[C@]3(C(=O)NCCC(=O)NCc4ccccc4)C[C@H]3/C=C\CCCCC[C@H](C)C(=O)N2C1. The molecule has 5 atom stereocenters. The van der Waals surface area contributed by atoms with Crippen molar-refractivity contribution < 1.29 is 23.9 Å². The van der Waals surface area contributed by atoms with Crippen LogP contribution in [0.1, 0.15) is 70.3 Å². The molecule has 1 saturated carbocycles. The topological polar surface area (TPSA) is 105 Å². The van der Waals surface area contributed by atoms with Crippen molar-refractivity contribution in [2.24, 2.45) is 17.3 Å². The Morgan fingerprint density at radius 2 is 1.90 bits per heavy atom. The zero-order valence-corrected chi connectivity index (χ0v) is 23.3. The van der Waals surface area contributed by atoms with Crippen molar-refractivity contribution in [2.75, 3.05) is 20.2 Å². The lowest BCUT2D eigenvalue weighted by molar-refractivity contribution is -0.142. The van der Waals surface area contributed by atoms with E-state index in [1.807, 2.05) is 37.3 Å². The van der Waals surface area contributed by atoms with Crippen LogP contribution in [0.4, 0.5) is 0 Å². The summed E-state index contributed by atoms with van der Waals surface area (Å²) in [6.07, 6.45) is 10.2. The van der Waals surface area contributed by atoms with E-state index in [0.717, 1.165) is 37.7 Å². The molecule has 2 aliphatic heterocycles. The number of hydrogen-bond donors (Lipinski definition) is 2. The van der Waals surface area contributed by atoms with Gasteiger partial charge >= 0.3 is 0 Å². The van der Waals surface area contributed by atoms with Crippen LogP contribution in [-0.2, 0) is 30.5 Å². The molecule has 2 N–H and O–H groups in total. The number of nitrogens with zero attached hydrogens (tertiary/aromatic N) is 1. The number of rotatable bonds is 7. The van der Waals surface area contributed by atoms with Crippen LogP contribution in [0.15, 0.2) is 42.5 Å². The third-order valence-corrected chi connectivity index (χ3v) is 8.59. The van der Waals surface area contributed by atoms with Gasteiger partial charge in [0.25, 0.3) is 0 Å². The van der Waals surface area contributed by atoms with Crippen LogP contribution >= 0.6 is 0 Å². The molecule has 1 aromatic carbocycles. The van der Waals surface area contributed by atoms with Gasteiger partial charge in [-0.3, -0.25) is 19.2 Å². The molecule has 3 aliphatic rings. The maximum atomic E-state index is 13.7. The lowest BCUT2D eigenvalue weighted by atomic mass is 9.90. The summed E-state index contributed by atoms with van der Waals surface area (Å²) in [5, 5.41) is 5.81. The number of methoxy groups -OCH3 is 1. The van der Waals surface area contributed by atoms with Gasteiger partial charge in [-0.25, -0.2) is 0 Å². The van der Waals surface area contributed by atoms with Crippen molar-refractivity contribution in [1.29, 1.82) is 0 Å². The van der Waals surface area contributed by atoms with E-state index in [2.05, 4.69) is 22.8 Å². The first-order valence-corrected chi connectivity index (χ1v) is 14.5. The van der Waals surface area contributed by atoms with E-state index in [4.69, 9.17) is 4.74 Å². The quantitative estimate of drug-likeness (QED) is 0.518. The lowest BCUT2D eigenvalue weighted by Gasteiger charge is -2.28. The van der Waals surface area contributed by atoms with Gasteiger partial charge in [-0.1, -0.05) is 62.2 Å². The molecule has 212 valence electrons. The molecule has 0 bridgehead atoms. The number of fused-ring (bicyclic) bond motifs is 2. The van der Waals surface area contributed by atoms with Crippen molar-refractivity contribution >= 4 is 23.5 Å². The molecule has 2 heterocycles. The Morgan fingerprint density at radius 3 is 2.67 bits per heavy atom. The van der Waals surface area contributed by atoms with Gasteiger partial charge in [-0.2, -0.15) is 0 Å². The van der Waals surface area contributed by atoms with Crippen molar-refractivity contribution in [3.05, 3.63) is 48.0 Å². The van der Waals surface area contributed by atoms with Crippen LogP contribution in [-0.4, -0.2) is 60.7 Å². The first-order valence-electron chi connectivity index (χ1n) is 14.5. The van der Waals surface area contributed by atoms with Gasteiger partial charge in [0, 0.05) is 51.9 Å². The Hall–Kier alpha value is -3.00. The Labute approximate surface area is 231 Å². The third-order valence-electron chi connectivity index (χ3n) is 8.59. The number of hydrogen-bond acceptors (Lipinski definition) is 5. The second-order valence-corrected chi connectivity index (χ2v) is 11.4. The Bertz CT molecular complexity index is 1060. The van der Waals surface area contributed by atoms with Gasteiger partial charge in [0.15, 0.2) is 5.78 Å². The zero-order valence-electron chi connectivity index (χ0n) is 23.3. The number of carbonyl (C=O) groups excluding carboxylic acids is 4. The predicted molar refractivity (Wildman–Crippen MR) is 148 cm³/mol. The average molecular weight is 538 g/mol. The van der Waals surface area contributed by atoms with Crippen LogP contribution in [0.2, 0.25) is 0 Å². The number of carbonyl (C=O) groups is 4. The normalized spacial score (nSPS) is 30.4. The summed E-state index contributed by atoms with van der Waals surface area (Å²) in [6, 6.07) is 9.11. The summed E-state index contributed by atoms with van der Waals surface area (Å²) in [4.78, 5) is 54.5. The Balaban J connectivity index is 1.40. The minimum absolute atomic E-state index is 0.00765. The molecular formula is C31H43N3O5. The van der Waals surface area contributed by atoms with Gasteiger partial charge in [-0.05, 0) is 37.2 Å². The van der Waals surface area contributed by atoms with E-state index in [1.165, 1.54) is 0 Å². The van der Waals surface area contributed by atoms with Gasteiger partial charge in [-0.15, -0.1) is 0 Å². The summed E-state index contributed by atoms with van der Waals surface area (Å²) in [7, 11) is 1.61. The molecule has 0 unspecified atom stereocenters. The zero-order chi connectivity index (χ0) is 27.8. The van der Waals surface area contributed by atoms with E-state index in [1.54, 1.807) is 12.0 Å². The van der Waals surface area contributed by atoms with Crippen LogP contribution in [0.3, 0.4) is 0 Å². The van der Waals surface area contributed by atoms with Gasteiger partial charge in [0.2, 0.25) is 17.7 Å². The second-order valence-electron chi connectivity index (χ2n) is 11.4. The van der Waals surface area contributed by atoms with Gasteiger partial charge < -0.3 is 20.3 Å². The number of allylic oxidation sites excluding steroid dienone is 2. The van der Waals surface area contributed by atoms with Crippen molar-refractivity contribution in [3.8, 4) is 0 Å². The summed E-state index contributed by atoms with van der Waals surface area (Å²) < 4.78 is 5.54. The van der Waals surface area contributed by atoms with Crippen molar-refractivity contribution in [2.45, 2.75) is 83.4 Å². The molecule has 3 amide bonds. The first kappa shape index (κ1) is 29.0. The monoisotopic (exact) mass is 537 g/mol. The summed E-state index contributed by atoms with van der Waals surface area (Å²) in [6.45, 7) is 3.01. The largest absolute Gasteiger partial charge is 0.380 e. The van der Waals surface area contributed by atoms with Crippen molar-refractivity contribution in [3.63, 3.8) is 0 Å². The molecule has 0 spiro atoms. The molecule has 2 fully saturated rings. The highest BCUT2D eigenvalue weighted by Gasteiger charge is 2.60. The van der Waals surface area contributed by atoms with Crippen LogP contribution < -0.4 is 10.6 Å². The van der Waals surface area contributed by atoms with Crippen LogP contribution in [0.5, 0.6) is 0 Å². The highest BCUT2D eigenvalue weighted by molar-refractivity contribution is 5.96. The minimum atomic E-state index is -0.820. The molecule has 8 heteroatoms. The summed E-state index contributed by atoms with van der Waals surface area (Å²) in [5.74, 6) is -0.540. The fourth-order valence-corrected chi connectivity index (χ4v) is 5.98. The molecule has 8 nitrogen and oxygen atoms in total. The average Bonchev–Trinajstić information content (AvgIpc) is 3.45. The summed E-state index contributed by atoms with van der Waals surface area (Å²) in [5.41, 5.74) is 0.194. The molecule has 1 aromatic rings. The number of Topliss-reactive ketones (excluding diaryl/α,β-unsaturated/α-hetero) is 1. The molecule has 4 rings (SSSR count).